The highest BCUT2D eigenvalue weighted by atomic mass is 16.4. The van der Waals surface area contributed by atoms with E-state index in [-0.39, 0.29) is 17.4 Å². The third-order valence-corrected chi connectivity index (χ3v) is 3.76. The predicted molar refractivity (Wildman–Crippen MR) is 82.9 cm³/mol. The minimum absolute atomic E-state index is 0.0877. The molecule has 0 radical (unpaired) electrons. The lowest BCUT2D eigenvalue weighted by molar-refractivity contribution is 0.0690. The number of nitrogens with zero attached hydrogens (tertiary/aromatic N) is 1. The van der Waals surface area contributed by atoms with E-state index in [4.69, 9.17) is 5.11 Å². The molecule has 6 heteroatoms. The fourth-order valence-corrected chi connectivity index (χ4v) is 2.59. The highest BCUT2D eigenvalue weighted by Crippen LogP contribution is 2.22. The molecule has 0 saturated carbocycles. The number of aromatic carboxylic acids is 1. The number of rotatable bonds is 3. The lowest BCUT2D eigenvalue weighted by Crippen LogP contribution is -2.16. The van der Waals surface area contributed by atoms with Gasteiger partial charge in [0.15, 0.2) is 5.78 Å². The van der Waals surface area contributed by atoms with E-state index >= 15 is 0 Å². The van der Waals surface area contributed by atoms with E-state index in [0.717, 1.165) is 18.4 Å². The first-order valence-corrected chi connectivity index (χ1v) is 7.21. The van der Waals surface area contributed by atoms with Crippen molar-refractivity contribution in [2.24, 2.45) is 0 Å². The molecule has 0 atom stereocenters. The quantitative estimate of drug-likeness (QED) is 0.908. The number of aryl methyl sites for hydroxylation is 1. The Hall–Kier alpha value is -3.02. The number of carbonyl (C=O) groups excluding carboxylic acids is 2. The first-order chi connectivity index (χ1) is 11.0. The van der Waals surface area contributed by atoms with E-state index in [1.807, 2.05) is 0 Å². The zero-order valence-electron chi connectivity index (χ0n) is 12.2. The topological polar surface area (TPSA) is 96.4 Å². The maximum Gasteiger partial charge on any atom is 0.354 e. The molecular weight excluding hydrogens is 296 g/mol. The van der Waals surface area contributed by atoms with Crippen LogP contribution < -0.4 is 5.32 Å². The van der Waals surface area contributed by atoms with Crippen molar-refractivity contribution in [3.8, 4) is 0 Å². The summed E-state index contributed by atoms with van der Waals surface area (Å²) in [7, 11) is 0. The van der Waals surface area contributed by atoms with E-state index in [2.05, 4.69) is 10.3 Å². The van der Waals surface area contributed by atoms with Crippen molar-refractivity contribution in [1.29, 1.82) is 0 Å². The summed E-state index contributed by atoms with van der Waals surface area (Å²) >= 11 is 0. The smallest absolute Gasteiger partial charge is 0.354 e. The summed E-state index contributed by atoms with van der Waals surface area (Å²) < 4.78 is 0. The Morgan fingerprint density at radius 1 is 1.13 bits per heavy atom. The molecule has 6 nitrogen and oxygen atoms in total. The molecule has 3 rings (SSSR count). The monoisotopic (exact) mass is 310 g/mol. The molecule has 1 heterocycles. The van der Waals surface area contributed by atoms with Crippen LogP contribution in [0.2, 0.25) is 0 Å². The molecule has 2 N–H and O–H groups in total. The van der Waals surface area contributed by atoms with Crippen LogP contribution in [0.5, 0.6) is 0 Å². The van der Waals surface area contributed by atoms with Gasteiger partial charge in [-0.3, -0.25) is 9.59 Å². The van der Waals surface area contributed by atoms with Gasteiger partial charge in [0.1, 0.15) is 5.69 Å². The van der Waals surface area contributed by atoms with Crippen molar-refractivity contribution in [1.82, 2.24) is 4.98 Å². The molecule has 0 aliphatic heterocycles. The highest BCUT2D eigenvalue weighted by molar-refractivity contribution is 6.06. The fraction of sp³-hybridized carbons (Fsp3) is 0.176. The average Bonchev–Trinajstić information content (AvgIpc) is 2.55. The summed E-state index contributed by atoms with van der Waals surface area (Å²) in [5.74, 6) is -1.33. The lowest BCUT2D eigenvalue weighted by Gasteiger charge is -2.15. The molecule has 1 aliphatic rings. The predicted octanol–water partition coefficient (Wildman–Crippen LogP) is 2.55. The van der Waals surface area contributed by atoms with Crippen LogP contribution in [-0.4, -0.2) is 27.8 Å². The Labute approximate surface area is 132 Å². The second-order valence-electron chi connectivity index (χ2n) is 5.34. The van der Waals surface area contributed by atoms with Crippen LogP contribution in [0.25, 0.3) is 0 Å². The number of anilines is 1. The van der Waals surface area contributed by atoms with E-state index in [1.165, 1.54) is 18.3 Å². The van der Waals surface area contributed by atoms with Crippen LogP contribution in [0.3, 0.4) is 0 Å². The van der Waals surface area contributed by atoms with Gasteiger partial charge in [0.2, 0.25) is 0 Å². The number of amides is 1. The molecule has 1 amide bonds. The van der Waals surface area contributed by atoms with E-state index in [0.29, 0.717) is 23.2 Å². The molecule has 0 spiro atoms. The summed E-state index contributed by atoms with van der Waals surface area (Å²) in [6.45, 7) is 0. The van der Waals surface area contributed by atoms with Gasteiger partial charge in [-0.25, -0.2) is 9.78 Å². The van der Waals surface area contributed by atoms with Crippen LogP contribution in [0, 0.1) is 0 Å². The minimum Gasteiger partial charge on any atom is -0.477 e. The second kappa shape index (κ2) is 6.00. The number of hydrogen-bond acceptors (Lipinski definition) is 4. The lowest BCUT2D eigenvalue weighted by atomic mass is 9.89. The summed E-state index contributed by atoms with van der Waals surface area (Å²) in [6.07, 6.45) is 3.44. The van der Waals surface area contributed by atoms with Crippen molar-refractivity contribution in [2.75, 3.05) is 5.32 Å². The number of pyridine rings is 1. The maximum absolute atomic E-state index is 12.3. The Morgan fingerprint density at radius 2 is 1.96 bits per heavy atom. The molecule has 0 unspecified atom stereocenters. The Morgan fingerprint density at radius 3 is 2.65 bits per heavy atom. The van der Waals surface area contributed by atoms with Gasteiger partial charge in [-0.05, 0) is 42.7 Å². The molecule has 116 valence electrons. The van der Waals surface area contributed by atoms with Crippen molar-refractivity contribution in [3.05, 3.63) is 58.9 Å². The third-order valence-electron chi connectivity index (χ3n) is 3.76. The highest BCUT2D eigenvalue weighted by Gasteiger charge is 2.18. The van der Waals surface area contributed by atoms with E-state index < -0.39 is 5.97 Å². The molecule has 1 aromatic heterocycles. The summed E-state index contributed by atoms with van der Waals surface area (Å²) in [6, 6.07) is 7.86. The summed E-state index contributed by atoms with van der Waals surface area (Å²) in [5.41, 5.74) is 2.37. The van der Waals surface area contributed by atoms with Crippen LogP contribution in [0.4, 0.5) is 5.69 Å². The van der Waals surface area contributed by atoms with Crippen molar-refractivity contribution >= 4 is 23.3 Å². The van der Waals surface area contributed by atoms with Crippen LogP contribution in [-0.2, 0) is 6.42 Å². The zero-order valence-corrected chi connectivity index (χ0v) is 12.2. The number of hydrogen-bond donors (Lipinski definition) is 2. The zero-order chi connectivity index (χ0) is 16.4. The maximum atomic E-state index is 12.3. The van der Waals surface area contributed by atoms with Crippen LogP contribution >= 0.6 is 0 Å². The SMILES string of the molecule is O=C(Nc1ccc(C(=O)O)nc1)c1ccc2c(c1)CCCC2=O. The van der Waals surface area contributed by atoms with Gasteiger partial charge in [0.25, 0.3) is 5.91 Å². The number of carboxylic acids is 1. The number of nitrogens with one attached hydrogen (secondary N) is 1. The van der Waals surface area contributed by atoms with Gasteiger partial charge in [-0.15, -0.1) is 0 Å². The van der Waals surface area contributed by atoms with Crippen molar-refractivity contribution < 1.29 is 19.5 Å². The number of benzene rings is 1. The number of aromatic nitrogens is 1. The van der Waals surface area contributed by atoms with Gasteiger partial charge >= 0.3 is 5.97 Å². The van der Waals surface area contributed by atoms with Gasteiger partial charge in [-0.2, -0.15) is 0 Å². The number of ketones is 1. The third kappa shape index (κ3) is 3.11. The Balaban J connectivity index is 1.78. The first-order valence-electron chi connectivity index (χ1n) is 7.21. The summed E-state index contributed by atoms with van der Waals surface area (Å²) in [5, 5.41) is 11.5. The summed E-state index contributed by atoms with van der Waals surface area (Å²) in [4.78, 5) is 38.5. The van der Waals surface area contributed by atoms with Gasteiger partial charge in [-0.1, -0.05) is 6.07 Å². The molecule has 0 bridgehead atoms. The Kier molecular flexibility index (Phi) is 3.89. The fourth-order valence-electron chi connectivity index (χ4n) is 2.59. The normalized spacial score (nSPS) is 13.3. The molecule has 2 aromatic rings. The largest absolute Gasteiger partial charge is 0.477 e. The number of carbonyl (C=O) groups is 3. The second-order valence-corrected chi connectivity index (χ2v) is 5.34. The number of Topliss-reactive ketones (excluding diaryl/α,β-unsaturated/α-hetero) is 1. The molecule has 0 fully saturated rings. The first kappa shape index (κ1) is 14.9. The van der Waals surface area contributed by atoms with Gasteiger partial charge < -0.3 is 10.4 Å². The van der Waals surface area contributed by atoms with Crippen LogP contribution in [0.15, 0.2) is 36.5 Å². The Bertz CT molecular complexity index is 797. The van der Waals surface area contributed by atoms with E-state index in [9.17, 15) is 14.4 Å². The molecule has 0 saturated heterocycles. The molecule has 1 aromatic carbocycles. The van der Waals surface area contributed by atoms with Crippen LogP contribution in [0.1, 0.15) is 49.6 Å². The molecule has 1 aliphatic carbocycles. The molecular formula is C17H14N2O4. The van der Waals surface area contributed by atoms with E-state index in [1.54, 1.807) is 18.2 Å². The van der Waals surface area contributed by atoms with Gasteiger partial charge in [0.05, 0.1) is 11.9 Å². The minimum atomic E-state index is -1.12. The molecule has 23 heavy (non-hydrogen) atoms. The van der Waals surface area contributed by atoms with Gasteiger partial charge in [0, 0.05) is 17.5 Å². The number of fused-ring (bicyclic) bond motifs is 1. The number of carboxylic acid groups (broad SMARTS) is 1. The average molecular weight is 310 g/mol. The van der Waals surface area contributed by atoms with Crippen molar-refractivity contribution in [2.45, 2.75) is 19.3 Å². The standard InChI is InChI=1S/C17H14N2O4/c20-15-3-1-2-10-8-11(4-6-13(10)15)16(21)19-12-5-7-14(17(22)23)18-9-12/h4-9H,1-3H2,(H,19,21)(H,22,23). The van der Waals surface area contributed by atoms with Crippen molar-refractivity contribution in [3.63, 3.8) is 0 Å².